The molecule has 1 aliphatic rings. The Morgan fingerprint density at radius 3 is 2.06 bits per heavy atom. The van der Waals surface area contributed by atoms with Crippen LogP contribution >= 0.6 is 0 Å². The number of carbonyl (C=O) groups is 2. The molecule has 3 rings (SSSR count). The number of piperazine rings is 1. The smallest absolute Gasteiger partial charge is 0.353 e. The topological polar surface area (TPSA) is 65.5 Å². The van der Waals surface area contributed by atoms with E-state index in [0.29, 0.717) is 37.6 Å². The van der Waals surface area contributed by atoms with Gasteiger partial charge >= 0.3 is 6.18 Å². The van der Waals surface area contributed by atoms with E-state index in [9.17, 15) is 22.8 Å². The minimum atomic E-state index is -4.41. The van der Waals surface area contributed by atoms with E-state index in [0.717, 1.165) is 17.8 Å². The summed E-state index contributed by atoms with van der Waals surface area (Å²) in [5.41, 5.74) is 0.911. The molecular weight excluding hydrogens is 433 g/mol. The molecule has 1 aliphatic heterocycles. The average molecular weight is 463 g/mol. The number of hydrogen-bond acceptors (Lipinski definition) is 4. The van der Waals surface area contributed by atoms with Gasteiger partial charge in [0.15, 0.2) is 0 Å². The van der Waals surface area contributed by atoms with Crippen LogP contribution < -0.4 is 10.2 Å². The Labute approximate surface area is 191 Å². The van der Waals surface area contributed by atoms with E-state index in [1.165, 1.54) is 6.07 Å². The summed E-state index contributed by atoms with van der Waals surface area (Å²) in [6.07, 6.45) is -3.40. The number of carbonyl (C=O) groups excluding carboxylic acids is 2. The third kappa shape index (κ3) is 6.46. The lowest BCUT2D eigenvalue weighted by Gasteiger charge is -2.35. The first-order valence-electron chi connectivity index (χ1n) is 10.9. The summed E-state index contributed by atoms with van der Waals surface area (Å²) in [6, 6.07) is 9.80. The number of halogens is 3. The number of amides is 2. The predicted molar refractivity (Wildman–Crippen MR) is 120 cm³/mol. The molecule has 0 spiro atoms. The lowest BCUT2D eigenvalue weighted by molar-refractivity contribution is -0.137. The van der Waals surface area contributed by atoms with E-state index >= 15 is 0 Å². The first-order chi connectivity index (χ1) is 15.4. The van der Waals surface area contributed by atoms with Gasteiger partial charge in [0.05, 0.1) is 5.56 Å². The number of pyridine rings is 1. The van der Waals surface area contributed by atoms with E-state index in [1.807, 2.05) is 17.0 Å². The monoisotopic (exact) mass is 462 g/mol. The SMILES string of the molecule is CC(C)(C)c1ccc(C(=O)NCCC(=O)N2CCN(c3ccc(C(F)(F)F)cn3)CC2)cc1. The van der Waals surface area contributed by atoms with Crippen LogP contribution in [0.25, 0.3) is 0 Å². The molecule has 2 aromatic rings. The summed E-state index contributed by atoms with van der Waals surface area (Å²) in [5.74, 6) is 0.166. The van der Waals surface area contributed by atoms with Gasteiger partial charge < -0.3 is 15.1 Å². The molecule has 178 valence electrons. The fraction of sp³-hybridized carbons (Fsp3) is 0.458. The highest BCUT2D eigenvalue weighted by atomic mass is 19.4. The van der Waals surface area contributed by atoms with Crippen LogP contribution in [-0.4, -0.2) is 54.4 Å². The molecule has 6 nitrogen and oxygen atoms in total. The minimum Gasteiger partial charge on any atom is -0.353 e. The molecule has 0 saturated carbocycles. The summed E-state index contributed by atoms with van der Waals surface area (Å²) in [5, 5.41) is 2.78. The van der Waals surface area contributed by atoms with Crippen molar-refractivity contribution in [1.29, 1.82) is 0 Å². The highest BCUT2D eigenvalue weighted by Crippen LogP contribution is 2.29. The van der Waals surface area contributed by atoms with Crippen molar-refractivity contribution < 1.29 is 22.8 Å². The first kappa shape index (κ1) is 24.5. The standard InChI is InChI=1S/C24H29F3N4O2/c1-23(2,3)18-6-4-17(5-7-18)22(33)28-11-10-21(32)31-14-12-30(13-15-31)20-9-8-19(16-29-20)24(25,26)27/h4-9,16H,10-15H2,1-3H3,(H,28,33). The van der Waals surface area contributed by atoms with Gasteiger partial charge in [-0.25, -0.2) is 4.98 Å². The maximum absolute atomic E-state index is 12.7. The third-order valence-electron chi connectivity index (χ3n) is 5.67. The number of aromatic nitrogens is 1. The second kappa shape index (κ2) is 9.80. The Bertz CT molecular complexity index is 959. The van der Waals surface area contributed by atoms with Gasteiger partial charge in [0.25, 0.3) is 5.91 Å². The van der Waals surface area contributed by atoms with E-state index in [2.05, 4.69) is 31.1 Å². The van der Waals surface area contributed by atoms with Gasteiger partial charge in [-0.2, -0.15) is 13.2 Å². The maximum Gasteiger partial charge on any atom is 0.417 e. The van der Waals surface area contributed by atoms with Crippen LogP contribution in [0.3, 0.4) is 0 Å². The molecule has 1 saturated heterocycles. The van der Waals surface area contributed by atoms with E-state index in [4.69, 9.17) is 0 Å². The number of hydrogen-bond donors (Lipinski definition) is 1. The van der Waals surface area contributed by atoms with Crippen molar-refractivity contribution in [2.45, 2.75) is 38.8 Å². The summed E-state index contributed by atoms with van der Waals surface area (Å²) in [6.45, 7) is 8.41. The number of nitrogens with one attached hydrogen (secondary N) is 1. The third-order valence-corrected chi connectivity index (χ3v) is 5.67. The van der Waals surface area contributed by atoms with Crippen molar-refractivity contribution in [3.05, 3.63) is 59.3 Å². The Morgan fingerprint density at radius 1 is 0.939 bits per heavy atom. The van der Waals surface area contributed by atoms with Crippen LogP contribution in [0.4, 0.5) is 19.0 Å². The van der Waals surface area contributed by atoms with Gasteiger partial charge in [0, 0.05) is 50.9 Å². The van der Waals surface area contributed by atoms with Crippen molar-refractivity contribution in [3.8, 4) is 0 Å². The molecule has 1 N–H and O–H groups in total. The summed E-state index contributed by atoms with van der Waals surface area (Å²) in [4.78, 5) is 32.3. The molecule has 0 atom stereocenters. The quantitative estimate of drug-likeness (QED) is 0.733. The van der Waals surface area contributed by atoms with E-state index in [-0.39, 0.29) is 30.2 Å². The zero-order chi connectivity index (χ0) is 24.2. The Kier molecular flexibility index (Phi) is 7.29. The summed E-state index contributed by atoms with van der Waals surface area (Å²) in [7, 11) is 0. The van der Waals surface area contributed by atoms with Crippen LogP contribution in [0.1, 0.15) is 48.7 Å². The van der Waals surface area contributed by atoms with Gasteiger partial charge in [-0.3, -0.25) is 9.59 Å². The van der Waals surface area contributed by atoms with Gasteiger partial charge in [-0.1, -0.05) is 32.9 Å². The molecular formula is C24H29F3N4O2. The fourth-order valence-electron chi connectivity index (χ4n) is 3.59. The summed E-state index contributed by atoms with van der Waals surface area (Å²) < 4.78 is 38.1. The van der Waals surface area contributed by atoms with Gasteiger partial charge in [-0.15, -0.1) is 0 Å². The molecule has 9 heteroatoms. The molecule has 1 fully saturated rings. The van der Waals surface area contributed by atoms with Crippen LogP contribution in [0.15, 0.2) is 42.6 Å². The van der Waals surface area contributed by atoms with Gasteiger partial charge in [0.1, 0.15) is 5.82 Å². The fourth-order valence-corrected chi connectivity index (χ4v) is 3.59. The van der Waals surface area contributed by atoms with Crippen LogP contribution in [-0.2, 0) is 16.4 Å². The molecule has 0 bridgehead atoms. The highest BCUT2D eigenvalue weighted by molar-refractivity contribution is 5.94. The number of alkyl halides is 3. The largest absolute Gasteiger partial charge is 0.417 e. The first-order valence-corrected chi connectivity index (χ1v) is 10.9. The molecule has 33 heavy (non-hydrogen) atoms. The molecule has 0 radical (unpaired) electrons. The number of benzene rings is 1. The lowest BCUT2D eigenvalue weighted by atomic mass is 9.87. The normalized spacial score (nSPS) is 14.8. The van der Waals surface area contributed by atoms with Crippen LogP contribution in [0.2, 0.25) is 0 Å². The lowest BCUT2D eigenvalue weighted by Crippen LogP contribution is -2.49. The predicted octanol–water partition coefficient (Wildman–Crippen LogP) is 3.87. The minimum absolute atomic E-state index is 0.00796. The average Bonchev–Trinajstić information content (AvgIpc) is 2.78. The van der Waals surface area contributed by atoms with Gasteiger partial charge in [-0.05, 0) is 35.2 Å². The maximum atomic E-state index is 12.7. The zero-order valence-corrected chi connectivity index (χ0v) is 19.1. The van der Waals surface area contributed by atoms with E-state index in [1.54, 1.807) is 17.0 Å². The molecule has 1 aromatic carbocycles. The number of anilines is 1. The number of nitrogens with zero attached hydrogens (tertiary/aromatic N) is 3. The Balaban J connectivity index is 1.42. The molecule has 0 unspecified atom stereocenters. The molecule has 2 amide bonds. The van der Waals surface area contributed by atoms with Crippen LogP contribution in [0.5, 0.6) is 0 Å². The van der Waals surface area contributed by atoms with Crippen molar-refractivity contribution in [2.75, 3.05) is 37.6 Å². The Hall–Kier alpha value is -3.10. The van der Waals surface area contributed by atoms with E-state index < -0.39 is 11.7 Å². The molecule has 2 heterocycles. The second-order valence-electron chi connectivity index (χ2n) is 9.10. The van der Waals surface area contributed by atoms with Crippen LogP contribution in [0, 0.1) is 0 Å². The molecule has 0 aliphatic carbocycles. The Morgan fingerprint density at radius 2 is 1.55 bits per heavy atom. The van der Waals surface area contributed by atoms with Gasteiger partial charge in [0.2, 0.25) is 5.91 Å². The molecule has 1 aromatic heterocycles. The van der Waals surface area contributed by atoms with Crippen molar-refractivity contribution in [1.82, 2.24) is 15.2 Å². The van der Waals surface area contributed by atoms with Crippen molar-refractivity contribution in [3.63, 3.8) is 0 Å². The van der Waals surface area contributed by atoms with Crippen molar-refractivity contribution >= 4 is 17.6 Å². The van der Waals surface area contributed by atoms with Crippen molar-refractivity contribution in [2.24, 2.45) is 0 Å². The highest BCUT2D eigenvalue weighted by Gasteiger charge is 2.31. The zero-order valence-electron chi connectivity index (χ0n) is 19.1. The second-order valence-corrected chi connectivity index (χ2v) is 9.10. The summed E-state index contributed by atoms with van der Waals surface area (Å²) >= 11 is 0. The number of rotatable bonds is 5.